The SMILES string of the molecule is CCOc1cc(CN2CCCC(N)C2)ccc1OC(F)F.Cl. The molecule has 0 bridgehead atoms. The molecule has 1 aromatic rings. The summed E-state index contributed by atoms with van der Waals surface area (Å²) in [5.41, 5.74) is 6.97. The van der Waals surface area contributed by atoms with E-state index < -0.39 is 6.61 Å². The summed E-state index contributed by atoms with van der Waals surface area (Å²) in [4.78, 5) is 2.27. The van der Waals surface area contributed by atoms with E-state index in [4.69, 9.17) is 10.5 Å². The molecule has 0 saturated carbocycles. The Hall–Kier alpha value is -1.11. The lowest BCUT2D eigenvalue weighted by Gasteiger charge is -2.30. The molecule has 2 N–H and O–H groups in total. The molecule has 1 fully saturated rings. The zero-order valence-electron chi connectivity index (χ0n) is 12.6. The third kappa shape index (κ3) is 5.59. The maximum atomic E-state index is 12.4. The average Bonchev–Trinajstić information content (AvgIpc) is 2.41. The van der Waals surface area contributed by atoms with Crippen LogP contribution in [0, 0.1) is 0 Å². The Morgan fingerprint density at radius 1 is 1.36 bits per heavy atom. The van der Waals surface area contributed by atoms with Crippen molar-refractivity contribution in [2.45, 2.75) is 39.0 Å². The van der Waals surface area contributed by atoms with Gasteiger partial charge in [0.25, 0.3) is 0 Å². The predicted octanol–water partition coefficient (Wildman–Crippen LogP) is 3.03. The zero-order chi connectivity index (χ0) is 15.2. The van der Waals surface area contributed by atoms with Crippen molar-refractivity contribution >= 4 is 12.4 Å². The van der Waals surface area contributed by atoms with Gasteiger partial charge in [-0.1, -0.05) is 6.07 Å². The van der Waals surface area contributed by atoms with Gasteiger partial charge < -0.3 is 15.2 Å². The van der Waals surface area contributed by atoms with Gasteiger partial charge in [-0.15, -0.1) is 12.4 Å². The Morgan fingerprint density at radius 3 is 2.77 bits per heavy atom. The summed E-state index contributed by atoms with van der Waals surface area (Å²) in [7, 11) is 0. The molecule has 126 valence electrons. The fourth-order valence-corrected chi connectivity index (χ4v) is 2.61. The van der Waals surface area contributed by atoms with Gasteiger partial charge in [0.2, 0.25) is 0 Å². The van der Waals surface area contributed by atoms with Crippen molar-refractivity contribution in [1.82, 2.24) is 4.90 Å². The Balaban J connectivity index is 0.00000242. The van der Waals surface area contributed by atoms with Gasteiger partial charge in [-0.25, -0.2) is 0 Å². The normalized spacial score (nSPS) is 18.9. The highest BCUT2D eigenvalue weighted by atomic mass is 35.5. The predicted molar refractivity (Wildman–Crippen MR) is 84.0 cm³/mol. The Kier molecular flexibility index (Phi) is 7.85. The molecule has 1 aliphatic rings. The number of hydrogen-bond donors (Lipinski definition) is 1. The number of nitrogens with zero attached hydrogens (tertiary/aromatic N) is 1. The van der Waals surface area contributed by atoms with Crippen molar-refractivity contribution < 1.29 is 18.3 Å². The lowest BCUT2D eigenvalue weighted by atomic mass is 10.1. The zero-order valence-corrected chi connectivity index (χ0v) is 13.5. The largest absolute Gasteiger partial charge is 0.490 e. The first-order chi connectivity index (χ1) is 10.1. The van der Waals surface area contributed by atoms with Crippen LogP contribution in [0.15, 0.2) is 18.2 Å². The first-order valence-corrected chi connectivity index (χ1v) is 7.27. The second-order valence-corrected chi connectivity index (χ2v) is 5.23. The van der Waals surface area contributed by atoms with E-state index in [1.54, 1.807) is 12.1 Å². The van der Waals surface area contributed by atoms with E-state index in [2.05, 4.69) is 9.64 Å². The van der Waals surface area contributed by atoms with Crippen molar-refractivity contribution in [1.29, 1.82) is 0 Å². The maximum Gasteiger partial charge on any atom is 0.387 e. The first-order valence-electron chi connectivity index (χ1n) is 7.27. The number of ether oxygens (including phenoxy) is 2. The average molecular weight is 337 g/mol. The van der Waals surface area contributed by atoms with Gasteiger partial charge >= 0.3 is 6.61 Å². The molecule has 1 atom stereocenters. The van der Waals surface area contributed by atoms with Gasteiger partial charge in [-0.05, 0) is 44.0 Å². The van der Waals surface area contributed by atoms with Gasteiger partial charge in [0.05, 0.1) is 6.61 Å². The van der Waals surface area contributed by atoms with Gasteiger partial charge in [0.1, 0.15) is 0 Å². The molecule has 1 heterocycles. The third-order valence-electron chi connectivity index (χ3n) is 3.47. The van der Waals surface area contributed by atoms with Crippen molar-refractivity contribution in [3.63, 3.8) is 0 Å². The minimum atomic E-state index is -2.85. The van der Waals surface area contributed by atoms with Crippen LogP contribution in [0.4, 0.5) is 8.78 Å². The lowest BCUT2D eigenvalue weighted by Crippen LogP contribution is -2.42. The number of rotatable bonds is 6. The number of halogens is 3. The van der Waals surface area contributed by atoms with E-state index in [0.29, 0.717) is 12.4 Å². The number of benzene rings is 1. The number of likely N-dealkylation sites (tertiary alicyclic amines) is 1. The van der Waals surface area contributed by atoms with Crippen molar-refractivity contribution in [2.75, 3.05) is 19.7 Å². The van der Waals surface area contributed by atoms with E-state index in [9.17, 15) is 8.78 Å². The van der Waals surface area contributed by atoms with Crippen LogP contribution in [0.5, 0.6) is 11.5 Å². The second-order valence-electron chi connectivity index (χ2n) is 5.23. The highest BCUT2D eigenvalue weighted by Crippen LogP contribution is 2.30. The van der Waals surface area contributed by atoms with Gasteiger partial charge in [-0.3, -0.25) is 4.90 Å². The summed E-state index contributed by atoms with van der Waals surface area (Å²) in [5, 5.41) is 0. The van der Waals surface area contributed by atoms with Crippen LogP contribution in [-0.2, 0) is 6.54 Å². The summed E-state index contributed by atoms with van der Waals surface area (Å²) in [6, 6.07) is 5.31. The van der Waals surface area contributed by atoms with Crippen LogP contribution >= 0.6 is 12.4 Å². The molecule has 1 unspecified atom stereocenters. The second kappa shape index (κ2) is 9.12. The van der Waals surface area contributed by atoms with Crippen molar-refractivity contribution in [3.05, 3.63) is 23.8 Å². The van der Waals surface area contributed by atoms with Crippen LogP contribution in [0.2, 0.25) is 0 Å². The van der Waals surface area contributed by atoms with Crippen LogP contribution < -0.4 is 15.2 Å². The molecule has 0 amide bonds. The third-order valence-corrected chi connectivity index (χ3v) is 3.47. The molecular formula is C15H23ClF2N2O2. The molecule has 1 aliphatic heterocycles. The molecule has 2 rings (SSSR count). The fraction of sp³-hybridized carbons (Fsp3) is 0.600. The summed E-state index contributed by atoms with van der Waals surface area (Å²) < 4.78 is 34.6. The van der Waals surface area contributed by atoms with Crippen molar-refractivity contribution in [2.24, 2.45) is 5.73 Å². The van der Waals surface area contributed by atoms with E-state index in [0.717, 1.165) is 38.0 Å². The van der Waals surface area contributed by atoms with Crippen LogP contribution in [0.25, 0.3) is 0 Å². The van der Waals surface area contributed by atoms with E-state index in [-0.39, 0.29) is 24.2 Å². The summed E-state index contributed by atoms with van der Waals surface area (Å²) in [6.45, 7) is 1.96. The molecule has 0 aliphatic carbocycles. The number of piperidine rings is 1. The van der Waals surface area contributed by atoms with E-state index in [1.807, 2.05) is 6.92 Å². The smallest absolute Gasteiger partial charge is 0.387 e. The van der Waals surface area contributed by atoms with Crippen LogP contribution in [0.3, 0.4) is 0 Å². The van der Waals surface area contributed by atoms with Gasteiger partial charge in [0.15, 0.2) is 11.5 Å². The Morgan fingerprint density at radius 2 is 2.14 bits per heavy atom. The molecule has 4 nitrogen and oxygen atoms in total. The molecule has 7 heteroatoms. The summed E-state index contributed by atoms with van der Waals surface area (Å²) in [5.74, 6) is 0.433. The van der Waals surface area contributed by atoms with Gasteiger partial charge in [0, 0.05) is 19.1 Å². The molecule has 1 aromatic carbocycles. The molecular weight excluding hydrogens is 314 g/mol. The van der Waals surface area contributed by atoms with Crippen molar-refractivity contribution in [3.8, 4) is 11.5 Å². The number of hydrogen-bond acceptors (Lipinski definition) is 4. The van der Waals surface area contributed by atoms with Crippen LogP contribution in [0.1, 0.15) is 25.3 Å². The summed E-state index contributed by atoms with van der Waals surface area (Å²) >= 11 is 0. The summed E-state index contributed by atoms with van der Waals surface area (Å²) in [6.07, 6.45) is 2.15. The minimum absolute atomic E-state index is 0. The maximum absolute atomic E-state index is 12.4. The Labute approximate surface area is 136 Å². The highest BCUT2D eigenvalue weighted by molar-refractivity contribution is 5.85. The molecule has 0 radical (unpaired) electrons. The van der Waals surface area contributed by atoms with Gasteiger partial charge in [-0.2, -0.15) is 8.78 Å². The molecule has 0 aromatic heterocycles. The van der Waals surface area contributed by atoms with E-state index in [1.165, 1.54) is 6.07 Å². The highest BCUT2D eigenvalue weighted by Gasteiger charge is 2.18. The molecule has 1 saturated heterocycles. The van der Waals surface area contributed by atoms with Crippen LogP contribution in [-0.4, -0.2) is 37.2 Å². The number of nitrogens with two attached hydrogens (primary N) is 1. The lowest BCUT2D eigenvalue weighted by molar-refractivity contribution is -0.0514. The number of alkyl halides is 2. The minimum Gasteiger partial charge on any atom is -0.490 e. The first kappa shape index (κ1) is 18.9. The van der Waals surface area contributed by atoms with E-state index >= 15 is 0 Å². The standard InChI is InChI=1S/C15H22F2N2O2.ClH/c1-2-20-14-8-11(5-6-13(14)21-15(16)17)9-19-7-3-4-12(18)10-19;/h5-6,8,12,15H,2-4,7,9-10,18H2,1H3;1H. The topological polar surface area (TPSA) is 47.7 Å². The Bertz CT molecular complexity index is 463. The molecule has 0 spiro atoms. The molecule has 22 heavy (non-hydrogen) atoms. The monoisotopic (exact) mass is 336 g/mol. The quantitative estimate of drug-likeness (QED) is 0.867. The fourth-order valence-electron chi connectivity index (χ4n) is 2.61.